The van der Waals surface area contributed by atoms with Gasteiger partial charge in [0.2, 0.25) is 5.91 Å². The number of carbonyl (C=O) groups excluding carboxylic acids is 3. The summed E-state index contributed by atoms with van der Waals surface area (Å²) in [5.74, 6) is -0.986. The van der Waals surface area contributed by atoms with Crippen LogP contribution >= 0.6 is 23.2 Å². The highest BCUT2D eigenvalue weighted by atomic mass is 35.5. The minimum absolute atomic E-state index is 0.0311. The van der Waals surface area contributed by atoms with Crippen molar-refractivity contribution in [3.8, 4) is 5.75 Å². The van der Waals surface area contributed by atoms with E-state index in [2.05, 4.69) is 0 Å². The Bertz CT molecular complexity index is 1440. The van der Waals surface area contributed by atoms with E-state index in [-0.39, 0.29) is 42.1 Å². The molecule has 44 heavy (non-hydrogen) atoms. The third-order valence-corrected chi connectivity index (χ3v) is 7.51. The molecule has 5 N–H and O–H groups in total. The van der Waals surface area contributed by atoms with Crippen molar-refractivity contribution >= 4 is 40.9 Å². The number of hydrogen-bond acceptors (Lipinski definition) is 6. The predicted octanol–water partition coefficient (Wildman–Crippen LogP) is 4.94. The van der Waals surface area contributed by atoms with Gasteiger partial charge in [-0.25, -0.2) is 0 Å². The fourth-order valence-electron chi connectivity index (χ4n) is 4.95. The Morgan fingerprint density at radius 1 is 0.841 bits per heavy atom. The average molecular weight is 644 g/mol. The van der Waals surface area contributed by atoms with Crippen LogP contribution in [-0.4, -0.2) is 71.5 Å². The van der Waals surface area contributed by atoms with Crippen molar-refractivity contribution in [1.29, 1.82) is 0 Å². The molecule has 0 saturated heterocycles. The molecule has 3 aromatic rings. The summed E-state index contributed by atoms with van der Waals surface area (Å²) in [5, 5.41) is 12.1. The summed E-state index contributed by atoms with van der Waals surface area (Å²) in [6.07, 6.45) is 0.609. The quantitative estimate of drug-likeness (QED) is 0.215. The number of ether oxygens (including phenoxy) is 1. The van der Waals surface area contributed by atoms with Crippen LogP contribution in [0, 0.1) is 0 Å². The zero-order chi connectivity index (χ0) is 32.4. The maximum atomic E-state index is 14.1. The van der Waals surface area contributed by atoms with Gasteiger partial charge in [0.25, 0.3) is 11.8 Å². The van der Waals surface area contributed by atoms with Crippen LogP contribution in [0.3, 0.4) is 0 Å². The highest BCUT2D eigenvalue weighted by Crippen LogP contribution is 2.22. The second kappa shape index (κ2) is 16.4. The number of benzene rings is 3. The number of methoxy groups -OCH3 is 1. The number of primary amides is 1. The SMILES string of the molecule is CCCN(CCC)C(=O)c1cc(C(N)=O)cc(C(=O)N(Cc2cccc(OC)c2)C[C@@H](O)[C@@H](N)Cc2cc(Cl)cc(Cl)c2)c1. The molecule has 0 aliphatic heterocycles. The van der Waals surface area contributed by atoms with Crippen LogP contribution in [0.15, 0.2) is 60.7 Å². The average Bonchev–Trinajstić information content (AvgIpc) is 2.99. The molecule has 0 fully saturated rings. The van der Waals surface area contributed by atoms with E-state index in [9.17, 15) is 19.5 Å². The zero-order valence-corrected chi connectivity index (χ0v) is 26.8. The molecule has 0 saturated carbocycles. The van der Waals surface area contributed by atoms with E-state index in [1.807, 2.05) is 19.9 Å². The fraction of sp³-hybridized carbons (Fsp3) is 0.364. The number of halogens is 2. The largest absolute Gasteiger partial charge is 0.497 e. The van der Waals surface area contributed by atoms with Gasteiger partial charge in [0.1, 0.15) is 5.75 Å². The number of rotatable bonds is 15. The highest BCUT2D eigenvalue weighted by Gasteiger charge is 2.26. The normalized spacial score (nSPS) is 12.3. The van der Waals surface area contributed by atoms with Crippen LogP contribution in [0.4, 0.5) is 0 Å². The molecule has 2 atom stereocenters. The zero-order valence-electron chi connectivity index (χ0n) is 25.3. The predicted molar refractivity (Wildman–Crippen MR) is 173 cm³/mol. The van der Waals surface area contributed by atoms with E-state index in [0.717, 1.165) is 24.0 Å². The molecule has 0 bridgehead atoms. The summed E-state index contributed by atoms with van der Waals surface area (Å²) in [6, 6.07) is 15.7. The van der Waals surface area contributed by atoms with Gasteiger partial charge in [0.15, 0.2) is 0 Å². The number of amides is 3. The molecule has 0 unspecified atom stereocenters. The van der Waals surface area contributed by atoms with E-state index in [4.69, 9.17) is 39.4 Å². The van der Waals surface area contributed by atoms with Crippen molar-refractivity contribution < 1.29 is 24.2 Å². The first kappa shape index (κ1) is 34.9. The summed E-state index contributed by atoms with van der Waals surface area (Å²) in [7, 11) is 1.54. The van der Waals surface area contributed by atoms with Crippen LogP contribution < -0.4 is 16.2 Å². The lowest BCUT2D eigenvalue weighted by atomic mass is 10.00. The first-order valence-corrected chi connectivity index (χ1v) is 15.3. The minimum Gasteiger partial charge on any atom is -0.497 e. The van der Waals surface area contributed by atoms with E-state index in [1.54, 1.807) is 48.4 Å². The smallest absolute Gasteiger partial charge is 0.254 e. The van der Waals surface area contributed by atoms with Gasteiger partial charge in [-0.3, -0.25) is 14.4 Å². The number of nitrogens with zero attached hydrogens (tertiary/aromatic N) is 2. The molecule has 0 aliphatic rings. The van der Waals surface area contributed by atoms with E-state index < -0.39 is 24.0 Å². The number of carbonyl (C=O) groups is 3. The Balaban J connectivity index is 1.98. The summed E-state index contributed by atoms with van der Waals surface area (Å²) >= 11 is 12.3. The molecule has 3 aromatic carbocycles. The van der Waals surface area contributed by atoms with Crippen LogP contribution in [0.1, 0.15) is 68.9 Å². The topological polar surface area (TPSA) is 139 Å². The van der Waals surface area contributed by atoms with E-state index in [0.29, 0.717) is 28.9 Å². The standard InChI is InChI=1S/C33H40Cl2N4O5/c1-4-9-38(10-5-2)32(42)24-15-23(31(37)41)16-25(17-24)33(43)39(19-21-7-6-8-28(13-21)44-3)20-30(40)29(36)14-22-11-26(34)18-27(35)12-22/h6-8,11-13,15-18,29-30,40H,4-5,9-10,14,19-20,36H2,1-3H3,(H2,37,41)/t29-,30+/m0/s1. The van der Waals surface area contributed by atoms with Gasteiger partial charge in [-0.1, -0.05) is 49.2 Å². The highest BCUT2D eigenvalue weighted by molar-refractivity contribution is 6.34. The van der Waals surface area contributed by atoms with Gasteiger partial charge in [-0.2, -0.15) is 0 Å². The van der Waals surface area contributed by atoms with Crippen molar-refractivity contribution in [2.75, 3.05) is 26.7 Å². The van der Waals surface area contributed by atoms with Gasteiger partial charge in [0, 0.05) is 59.0 Å². The molecular weight excluding hydrogens is 603 g/mol. The third-order valence-electron chi connectivity index (χ3n) is 7.08. The van der Waals surface area contributed by atoms with Crippen molar-refractivity contribution in [1.82, 2.24) is 9.80 Å². The summed E-state index contributed by atoms with van der Waals surface area (Å²) < 4.78 is 5.34. The number of hydrogen-bond donors (Lipinski definition) is 3. The molecule has 0 spiro atoms. The maximum Gasteiger partial charge on any atom is 0.254 e. The van der Waals surface area contributed by atoms with Gasteiger partial charge in [-0.15, -0.1) is 0 Å². The maximum absolute atomic E-state index is 14.1. The third kappa shape index (κ3) is 9.69. The van der Waals surface area contributed by atoms with Gasteiger partial charge >= 0.3 is 0 Å². The fourth-order valence-corrected chi connectivity index (χ4v) is 5.52. The molecule has 236 valence electrons. The lowest BCUT2D eigenvalue weighted by Crippen LogP contribution is -2.46. The Morgan fingerprint density at radius 3 is 1.95 bits per heavy atom. The van der Waals surface area contributed by atoms with Crippen LogP contribution in [0.5, 0.6) is 5.75 Å². The van der Waals surface area contributed by atoms with Crippen molar-refractivity contribution in [2.45, 2.75) is 51.8 Å². The molecule has 0 radical (unpaired) electrons. The van der Waals surface area contributed by atoms with Crippen molar-refractivity contribution in [3.05, 3.63) is 98.5 Å². The van der Waals surface area contributed by atoms with Gasteiger partial charge in [0.05, 0.1) is 13.2 Å². The molecule has 3 amide bonds. The lowest BCUT2D eigenvalue weighted by Gasteiger charge is -2.29. The lowest BCUT2D eigenvalue weighted by molar-refractivity contribution is 0.0554. The van der Waals surface area contributed by atoms with Gasteiger partial charge in [-0.05, 0) is 78.9 Å². The number of aliphatic hydroxyl groups is 1. The van der Waals surface area contributed by atoms with Crippen LogP contribution in [0.25, 0.3) is 0 Å². The van der Waals surface area contributed by atoms with Crippen molar-refractivity contribution in [2.24, 2.45) is 11.5 Å². The first-order chi connectivity index (χ1) is 20.9. The summed E-state index contributed by atoms with van der Waals surface area (Å²) in [5.41, 5.74) is 13.8. The number of nitrogens with two attached hydrogens (primary N) is 2. The molecule has 9 nitrogen and oxygen atoms in total. The van der Waals surface area contributed by atoms with Crippen molar-refractivity contribution in [3.63, 3.8) is 0 Å². The molecule has 0 aliphatic carbocycles. The molecule has 3 rings (SSSR count). The molecular formula is C33H40Cl2N4O5. The Kier molecular flexibility index (Phi) is 13.0. The van der Waals surface area contributed by atoms with Crippen LogP contribution in [0.2, 0.25) is 10.0 Å². The Morgan fingerprint density at radius 2 is 1.41 bits per heavy atom. The summed E-state index contributed by atoms with van der Waals surface area (Å²) in [6.45, 7) is 4.94. The summed E-state index contributed by atoms with van der Waals surface area (Å²) in [4.78, 5) is 43.0. The van der Waals surface area contributed by atoms with Crippen LogP contribution in [-0.2, 0) is 13.0 Å². The van der Waals surface area contributed by atoms with E-state index in [1.165, 1.54) is 23.1 Å². The molecule has 0 heterocycles. The Labute approximate surface area is 268 Å². The molecule has 11 heteroatoms. The minimum atomic E-state index is -1.15. The Hall–Kier alpha value is -3.63. The molecule has 0 aromatic heterocycles. The van der Waals surface area contributed by atoms with Gasteiger partial charge < -0.3 is 31.1 Å². The second-order valence-corrected chi connectivity index (χ2v) is 11.6. The monoisotopic (exact) mass is 642 g/mol. The first-order valence-electron chi connectivity index (χ1n) is 14.5. The second-order valence-electron chi connectivity index (χ2n) is 10.7. The van der Waals surface area contributed by atoms with E-state index >= 15 is 0 Å². The number of aliphatic hydroxyl groups excluding tert-OH is 1.